The number of rotatable bonds is 6. The Balaban J connectivity index is 1.44. The van der Waals surface area contributed by atoms with Crippen molar-refractivity contribution >= 4 is 11.6 Å². The fourth-order valence-corrected chi connectivity index (χ4v) is 3.31. The van der Waals surface area contributed by atoms with E-state index < -0.39 is 0 Å². The van der Waals surface area contributed by atoms with E-state index >= 15 is 0 Å². The molecule has 1 aromatic heterocycles. The second-order valence-electron chi connectivity index (χ2n) is 6.10. The predicted molar refractivity (Wildman–Crippen MR) is 90.5 cm³/mol. The maximum Gasteiger partial charge on any atom is 0.223 e. The molecular formula is C17H23ClN4O. The molecule has 23 heavy (non-hydrogen) atoms. The van der Waals surface area contributed by atoms with Crippen LogP contribution in [0.2, 0.25) is 5.02 Å². The third-order valence-corrected chi connectivity index (χ3v) is 4.59. The molecule has 1 aliphatic rings. The largest absolute Gasteiger partial charge is 0.340 e. The third kappa shape index (κ3) is 4.77. The van der Waals surface area contributed by atoms with E-state index in [2.05, 4.69) is 26.4 Å². The van der Waals surface area contributed by atoms with Gasteiger partial charge in [0.1, 0.15) is 0 Å². The van der Waals surface area contributed by atoms with Gasteiger partial charge in [-0.1, -0.05) is 35.0 Å². The summed E-state index contributed by atoms with van der Waals surface area (Å²) in [6.45, 7) is 5.65. The zero-order valence-corrected chi connectivity index (χ0v) is 14.2. The van der Waals surface area contributed by atoms with Crippen LogP contribution in [0.25, 0.3) is 0 Å². The lowest BCUT2D eigenvalue weighted by Crippen LogP contribution is -2.45. The first kappa shape index (κ1) is 16.4. The summed E-state index contributed by atoms with van der Waals surface area (Å²) in [6, 6.07) is 8.57. The molecule has 5 nitrogen and oxygen atoms in total. The highest BCUT2D eigenvalue weighted by Gasteiger charge is 2.20. The molecule has 0 saturated carbocycles. The van der Waals surface area contributed by atoms with Gasteiger partial charge in [-0.15, -0.1) is 0 Å². The topological polar surface area (TPSA) is 54.2 Å². The van der Waals surface area contributed by atoms with E-state index in [0.29, 0.717) is 11.9 Å². The first-order valence-corrected chi connectivity index (χ1v) is 8.57. The molecule has 2 heterocycles. The average molecular weight is 335 g/mol. The Morgan fingerprint density at radius 1 is 1.39 bits per heavy atom. The van der Waals surface area contributed by atoms with E-state index in [-0.39, 0.29) is 0 Å². The van der Waals surface area contributed by atoms with E-state index in [9.17, 15) is 0 Å². The second-order valence-corrected chi connectivity index (χ2v) is 6.51. The number of aryl methyl sites for hydroxylation is 1. The van der Waals surface area contributed by atoms with Crippen LogP contribution in [-0.4, -0.2) is 40.7 Å². The van der Waals surface area contributed by atoms with Gasteiger partial charge in [-0.2, -0.15) is 4.98 Å². The summed E-state index contributed by atoms with van der Waals surface area (Å²) in [7, 11) is 0. The molecule has 1 atom stereocenters. The number of hydrogen-bond donors (Lipinski definition) is 1. The van der Waals surface area contributed by atoms with Crippen molar-refractivity contribution in [1.29, 1.82) is 0 Å². The lowest BCUT2D eigenvalue weighted by atomic mass is 10.1. The quantitative estimate of drug-likeness (QED) is 0.880. The Morgan fingerprint density at radius 3 is 3.04 bits per heavy atom. The summed E-state index contributed by atoms with van der Waals surface area (Å²) in [5, 5.41) is 8.49. The number of hydrogen-bond acceptors (Lipinski definition) is 5. The van der Waals surface area contributed by atoms with Crippen LogP contribution in [0.3, 0.4) is 0 Å². The monoisotopic (exact) mass is 334 g/mol. The highest BCUT2D eigenvalue weighted by Crippen LogP contribution is 2.16. The van der Waals surface area contributed by atoms with Crippen molar-refractivity contribution in [3.8, 4) is 0 Å². The van der Waals surface area contributed by atoms with Gasteiger partial charge in [0, 0.05) is 24.5 Å². The fraction of sp³-hybridized carbons (Fsp3) is 0.529. The van der Waals surface area contributed by atoms with Crippen molar-refractivity contribution in [2.24, 2.45) is 0 Å². The summed E-state index contributed by atoms with van der Waals surface area (Å²) < 4.78 is 5.04. The number of nitrogens with zero attached hydrogens (tertiary/aromatic N) is 3. The molecule has 124 valence electrons. The zero-order chi connectivity index (χ0) is 16.1. The number of nitrogens with one attached hydrogen (secondary N) is 1. The maximum absolute atomic E-state index is 6.20. The zero-order valence-electron chi connectivity index (χ0n) is 13.5. The van der Waals surface area contributed by atoms with Crippen molar-refractivity contribution in [3.63, 3.8) is 0 Å². The summed E-state index contributed by atoms with van der Waals surface area (Å²) in [5.41, 5.74) is 1.21. The second kappa shape index (κ2) is 7.90. The normalized spacial score (nSPS) is 19.1. The summed E-state index contributed by atoms with van der Waals surface area (Å²) in [6.07, 6.45) is 3.37. The van der Waals surface area contributed by atoms with Crippen LogP contribution in [0, 0.1) is 6.92 Å². The standard InChI is InChI=1S/C17H23ClN4O/c1-13-20-17(21-23-13)12-22-10-4-6-15(11-22)19-9-8-14-5-2-3-7-16(14)18/h2-3,5,7,15,19H,4,6,8-12H2,1H3. The van der Waals surface area contributed by atoms with Crippen molar-refractivity contribution in [2.75, 3.05) is 19.6 Å². The lowest BCUT2D eigenvalue weighted by Gasteiger charge is -2.32. The molecule has 2 aromatic rings. The SMILES string of the molecule is Cc1nc(CN2CCCC(NCCc3ccccc3Cl)C2)no1. The van der Waals surface area contributed by atoms with E-state index in [4.69, 9.17) is 16.1 Å². The van der Waals surface area contributed by atoms with Crippen LogP contribution in [0.4, 0.5) is 0 Å². The molecule has 0 amide bonds. The van der Waals surface area contributed by atoms with Gasteiger partial charge in [-0.05, 0) is 44.0 Å². The Morgan fingerprint density at radius 2 is 2.26 bits per heavy atom. The van der Waals surface area contributed by atoms with Crippen LogP contribution in [-0.2, 0) is 13.0 Å². The van der Waals surface area contributed by atoms with Crippen LogP contribution in [0.5, 0.6) is 0 Å². The number of halogens is 1. The highest BCUT2D eigenvalue weighted by atomic mass is 35.5. The summed E-state index contributed by atoms with van der Waals surface area (Å²) >= 11 is 6.20. The van der Waals surface area contributed by atoms with Gasteiger partial charge < -0.3 is 9.84 Å². The van der Waals surface area contributed by atoms with E-state index in [1.54, 1.807) is 0 Å². The smallest absolute Gasteiger partial charge is 0.223 e. The highest BCUT2D eigenvalue weighted by molar-refractivity contribution is 6.31. The summed E-state index contributed by atoms with van der Waals surface area (Å²) in [4.78, 5) is 6.68. The third-order valence-electron chi connectivity index (χ3n) is 4.23. The van der Waals surface area contributed by atoms with Crippen LogP contribution >= 0.6 is 11.6 Å². The Hall–Kier alpha value is -1.43. The van der Waals surface area contributed by atoms with Crippen LogP contribution < -0.4 is 5.32 Å². The van der Waals surface area contributed by atoms with Gasteiger partial charge in [0.2, 0.25) is 5.89 Å². The van der Waals surface area contributed by atoms with Crippen molar-refractivity contribution < 1.29 is 4.52 Å². The first-order valence-electron chi connectivity index (χ1n) is 8.19. The minimum Gasteiger partial charge on any atom is -0.340 e. The lowest BCUT2D eigenvalue weighted by molar-refractivity contribution is 0.178. The van der Waals surface area contributed by atoms with E-state index in [0.717, 1.165) is 43.4 Å². The Kier molecular flexibility index (Phi) is 5.65. The van der Waals surface area contributed by atoms with Crippen molar-refractivity contribution in [1.82, 2.24) is 20.4 Å². The molecule has 3 rings (SSSR count). The molecule has 0 bridgehead atoms. The van der Waals surface area contributed by atoms with Crippen molar-refractivity contribution in [2.45, 2.75) is 38.8 Å². The van der Waals surface area contributed by atoms with E-state index in [1.165, 1.54) is 18.4 Å². The molecule has 0 radical (unpaired) electrons. The molecule has 0 aliphatic carbocycles. The van der Waals surface area contributed by atoms with Gasteiger partial charge in [-0.3, -0.25) is 4.90 Å². The molecule has 1 aliphatic heterocycles. The van der Waals surface area contributed by atoms with Crippen LogP contribution in [0.1, 0.15) is 30.1 Å². The van der Waals surface area contributed by atoms with E-state index in [1.807, 2.05) is 25.1 Å². The minimum absolute atomic E-state index is 0.513. The number of likely N-dealkylation sites (tertiary alicyclic amines) is 1. The first-order chi connectivity index (χ1) is 11.2. The predicted octanol–water partition coefficient (Wildman–Crippen LogP) is 2.83. The molecule has 6 heteroatoms. The molecular weight excluding hydrogens is 312 g/mol. The number of aromatic nitrogens is 2. The van der Waals surface area contributed by atoms with Gasteiger partial charge in [0.25, 0.3) is 0 Å². The van der Waals surface area contributed by atoms with Crippen LogP contribution in [0.15, 0.2) is 28.8 Å². The molecule has 1 N–H and O–H groups in total. The Labute approximate surface area is 142 Å². The maximum atomic E-state index is 6.20. The summed E-state index contributed by atoms with van der Waals surface area (Å²) in [5.74, 6) is 1.41. The Bertz CT molecular complexity index is 631. The van der Waals surface area contributed by atoms with Gasteiger partial charge in [-0.25, -0.2) is 0 Å². The van der Waals surface area contributed by atoms with Gasteiger partial charge in [0.15, 0.2) is 5.82 Å². The average Bonchev–Trinajstić information content (AvgIpc) is 2.95. The van der Waals surface area contributed by atoms with Crippen molar-refractivity contribution in [3.05, 3.63) is 46.6 Å². The van der Waals surface area contributed by atoms with Gasteiger partial charge >= 0.3 is 0 Å². The molecule has 1 aromatic carbocycles. The molecule has 0 spiro atoms. The molecule has 1 saturated heterocycles. The molecule has 1 unspecified atom stereocenters. The fourth-order valence-electron chi connectivity index (χ4n) is 3.08. The van der Waals surface area contributed by atoms with Gasteiger partial charge in [0.05, 0.1) is 6.54 Å². The number of piperidine rings is 1. The molecule has 1 fully saturated rings. The minimum atomic E-state index is 0.513. The number of benzene rings is 1.